The standard InChI is InChI=1S/C24H22F2N6O/c1-13-11-29-22-21(18-5-2-16(25)9-19(18)26)31-23(32-24(22)30-13)14-6-7-33-20(8-14)15(10-27)12-28-17-3-4-17/h2,5,8-12,17,20H,3-4,6-7,27H2,1H3/b15-10+,28-12?/t20-/m1/s1. The molecule has 1 aliphatic heterocycles. The number of hydrogen-bond acceptors (Lipinski definition) is 7. The maximum atomic E-state index is 14.7. The van der Waals surface area contributed by atoms with Crippen LogP contribution < -0.4 is 5.73 Å². The summed E-state index contributed by atoms with van der Waals surface area (Å²) in [5, 5.41) is 0. The van der Waals surface area contributed by atoms with Crippen molar-refractivity contribution >= 4 is 23.0 Å². The molecule has 0 unspecified atom stereocenters. The first-order valence-electron chi connectivity index (χ1n) is 10.8. The molecule has 1 aromatic carbocycles. The lowest BCUT2D eigenvalue weighted by molar-refractivity contribution is 0.109. The van der Waals surface area contributed by atoms with Gasteiger partial charge in [0, 0.05) is 35.8 Å². The maximum absolute atomic E-state index is 14.7. The molecular weight excluding hydrogens is 426 g/mol. The third-order valence-corrected chi connectivity index (χ3v) is 5.53. The van der Waals surface area contributed by atoms with Crippen molar-refractivity contribution < 1.29 is 13.5 Å². The fraction of sp³-hybridized carbons (Fsp3) is 0.292. The van der Waals surface area contributed by atoms with E-state index < -0.39 is 17.7 Å². The average molecular weight is 448 g/mol. The van der Waals surface area contributed by atoms with Crippen molar-refractivity contribution in [1.29, 1.82) is 0 Å². The number of aliphatic imine (C=N–C) groups is 1. The molecule has 33 heavy (non-hydrogen) atoms. The second-order valence-electron chi connectivity index (χ2n) is 8.11. The SMILES string of the molecule is Cc1cnc2c(-c3ccc(F)cc3F)nc(C3=C[C@H](/C(C=NC4CC4)=C/N)OCC3)nc2n1. The number of benzene rings is 1. The number of aryl methyl sites for hydroxylation is 1. The van der Waals surface area contributed by atoms with Crippen LogP contribution in [0.25, 0.3) is 28.0 Å². The van der Waals surface area contributed by atoms with E-state index in [0.717, 1.165) is 30.1 Å². The summed E-state index contributed by atoms with van der Waals surface area (Å²) in [7, 11) is 0. The molecule has 0 saturated heterocycles. The number of hydrogen-bond donors (Lipinski definition) is 1. The lowest BCUT2D eigenvalue weighted by Gasteiger charge is -2.22. The molecule has 2 aromatic heterocycles. The van der Waals surface area contributed by atoms with Gasteiger partial charge in [-0.1, -0.05) is 0 Å². The largest absolute Gasteiger partial charge is 0.404 e. The fourth-order valence-corrected chi connectivity index (χ4v) is 3.62. The van der Waals surface area contributed by atoms with Crippen molar-refractivity contribution in [3.8, 4) is 11.3 Å². The van der Waals surface area contributed by atoms with Crippen molar-refractivity contribution in [2.45, 2.75) is 38.3 Å². The molecule has 0 radical (unpaired) electrons. The quantitative estimate of drug-likeness (QED) is 0.594. The molecule has 0 bridgehead atoms. The molecular formula is C24H22F2N6O. The van der Waals surface area contributed by atoms with Gasteiger partial charge in [0.25, 0.3) is 0 Å². The van der Waals surface area contributed by atoms with E-state index in [1.54, 1.807) is 19.3 Å². The lowest BCUT2D eigenvalue weighted by atomic mass is 10.0. The van der Waals surface area contributed by atoms with Crippen LogP contribution in [0.5, 0.6) is 0 Å². The Balaban J connectivity index is 1.61. The predicted molar refractivity (Wildman–Crippen MR) is 121 cm³/mol. The molecule has 1 saturated carbocycles. The van der Waals surface area contributed by atoms with Crippen molar-refractivity contribution in [1.82, 2.24) is 19.9 Å². The number of halogens is 2. The van der Waals surface area contributed by atoms with Crippen molar-refractivity contribution in [2.75, 3.05) is 6.61 Å². The number of nitrogens with zero attached hydrogens (tertiary/aromatic N) is 5. The van der Waals surface area contributed by atoms with E-state index in [-0.39, 0.29) is 11.3 Å². The van der Waals surface area contributed by atoms with Gasteiger partial charge in [0.1, 0.15) is 28.9 Å². The number of aromatic nitrogens is 4. The molecule has 2 N–H and O–H groups in total. The van der Waals surface area contributed by atoms with E-state index in [4.69, 9.17) is 10.5 Å². The Morgan fingerprint density at radius 1 is 1.21 bits per heavy atom. The van der Waals surface area contributed by atoms with Crippen LogP contribution in [-0.4, -0.2) is 44.9 Å². The molecule has 0 spiro atoms. The van der Waals surface area contributed by atoms with Crippen molar-refractivity contribution in [3.05, 3.63) is 65.4 Å². The predicted octanol–water partition coefficient (Wildman–Crippen LogP) is 3.92. The second-order valence-corrected chi connectivity index (χ2v) is 8.11. The summed E-state index contributed by atoms with van der Waals surface area (Å²) in [5.74, 6) is -1.00. The highest BCUT2D eigenvalue weighted by atomic mass is 19.1. The van der Waals surface area contributed by atoms with Crippen LogP contribution >= 0.6 is 0 Å². The zero-order valence-corrected chi connectivity index (χ0v) is 18.0. The summed E-state index contributed by atoms with van der Waals surface area (Å²) in [6, 6.07) is 3.73. The van der Waals surface area contributed by atoms with Gasteiger partial charge in [0.15, 0.2) is 11.5 Å². The van der Waals surface area contributed by atoms with Gasteiger partial charge in [-0.05, 0) is 50.0 Å². The molecule has 1 atom stereocenters. The molecule has 7 nitrogen and oxygen atoms in total. The summed E-state index contributed by atoms with van der Waals surface area (Å²) in [5.41, 5.74) is 9.14. The van der Waals surface area contributed by atoms with Crippen LogP contribution in [-0.2, 0) is 4.74 Å². The van der Waals surface area contributed by atoms with Crippen LogP contribution in [0.15, 0.2) is 47.2 Å². The lowest BCUT2D eigenvalue weighted by Crippen LogP contribution is -2.21. The molecule has 5 rings (SSSR count). The number of fused-ring (bicyclic) bond motifs is 1. The molecule has 1 aliphatic carbocycles. The Morgan fingerprint density at radius 2 is 2.06 bits per heavy atom. The topological polar surface area (TPSA) is 99.2 Å². The zero-order chi connectivity index (χ0) is 22.9. The number of ether oxygens (including phenoxy) is 1. The van der Waals surface area contributed by atoms with E-state index in [1.165, 1.54) is 18.3 Å². The zero-order valence-electron chi connectivity index (χ0n) is 18.0. The van der Waals surface area contributed by atoms with Gasteiger partial charge >= 0.3 is 0 Å². The van der Waals surface area contributed by atoms with Gasteiger partial charge in [-0.15, -0.1) is 0 Å². The van der Waals surface area contributed by atoms with Crippen molar-refractivity contribution in [3.63, 3.8) is 0 Å². The molecule has 0 amide bonds. The minimum Gasteiger partial charge on any atom is -0.404 e. The second kappa shape index (κ2) is 8.74. The van der Waals surface area contributed by atoms with Gasteiger partial charge in [-0.2, -0.15) is 0 Å². The monoisotopic (exact) mass is 448 g/mol. The van der Waals surface area contributed by atoms with E-state index in [1.807, 2.05) is 6.08 Å². The summed E-state index contributed by atoms with van der Waals surface area (Å²) in [6.07, 6.45) is 9.07. The molecule has 3 aromatic rings. The van der Waals surface area contributed by atoms with Gasteiger partial charge in [-0.3, -0.25) is 4.99 Å². The highest BCUT2D eigenvalue weighted by Gasteiger charge is 2.24. The minimum atomic E-state index is -0.730. The Hall–Kier alpha value is -3.59. The molecule has 1 fully saturated rings. The number of rotatable bonds is 5. The molecule has 168 valence electrons. The van der Waals surface area contributed by atoms with Gasteiger partial charge in [0.2, 0.25) is 0 Å². The smallest absolute Gasteiger partial charge is 0.182 e. The van der Waals surface area contributed by atoms with E-state index in [2.05, 4.69) is 24.9 Å². The Kier molecular flexibility index (Phi) is 5.63. The third-order valence-electron chi connectivity index (χ3n) is 5.53. The van der Waals surface area contributed by atoms with Crippen LogP contribution in [0.3, 0.4) is 0 Å². The van der Waals surface area contributed by atoms with Gasteiger partial charge in [0.05, 0.1) is 18.3 Å². The van der Waals surface area contributed by atoms with Crippen LogP contribution in [0.1, 0.15) is 30.8 Å². The van der Waals surface area contributed by atoms with E-state index in [9.17, 15) is 8.78 Å². The summed E-state index contributed by atoms with van der Waals surface area (Å²) >= 11 is 0. The van der Waals surface area contributed by atoms with Crippen LogP contribution in [0.4, 0.5) is 8.78 Å². The van der Waals surface area contributed by atoms with Gasteiger partial charge in [-0.25, -0.2) is 28.7 Å². The Labute approximate surface area is 189 Å². The summed E-state index contributed by atoms with van der Waals surface area (Å²) in [6.45, 7) is 2.24. The van der Waals surface area contributed by atoms with E-state index >= 15 is 0 Å². The highest BCUT2D eigenvalue weighted by Crippen LogP contribution is 2.31. The Bertz CT molecular complexity index is 1320. The average Bonchev–Trinajstić information content (AvgIpc) is 3.63. The molecule has 9 heteroatoms. The van der Waals surface area contributed by atoms with E-state index in [0.29, 0.717) is 41.8 Å². The summed E-state index contributed by atoms with van der Waals surface area (Å²) < 4.78 is 34.1. The summed E-state index contributed by atoms with van der Waals surface area (Å²) in [4.78, 5) is 22.6. The first-order chi connectivity index (χ1) is 16.0. The van der Waals surface area contributed by atoms with Gasteiger partial charge < -0.3 is 10.5 Å². The number of nitrogens with two attached hydrogens (primary N) is 1. The first kappa shape index (κ1) is 21.3. The van der Waals surface area contributed by atoms with Crippen molar-refractivity contribution in [2.24, 2.45) is 10.7 Å². The Morgan fingerprint density at radius 3 is 2.82 bits per heavy atom. The molecule has 3 heterocycles. The normalized spacial score (nSPS) is 19.3. The minimum absolute atomic E-state index is 0.131. The highest BCUT2D eigenvalue weighted by molar-refractivity contribution is 5.88. The fourth-order valence-electron chi connectivity index (χ4n) is 3.62. The maximum Gasteiger partial charge on any atom is 0.182 e. The third kappa shape index (κ3) is 4.49. The van der Waals surface area contributed by atoms with Crippen LogP contribution in [0, 0.1) is 18.6 Å². The van der Waals surface area contributed by atoms with Crippen LogP contribution in [0.2, 0.25) is 0 Å². The first-order valence-corrected chi connectivity index (χ1v) is 10.8. The molecule has 2 aliphatic rings.